The summed E-state index contributed by atoms with van der Waals surface area (Å²) in [5, 5.41) is 3.20. The van der Waals surface area contributed by atoms with Crippen molar-refractivity contribution in [3.8, 4) is 0 Å². The van der Waals surface area contributed by atoms with Crippen LogP contribution in [0.1, 0.15) is 64.0 Å². The summed E-state index contributed by atoms with van der Waals surface area (Å²) in [6.07, 6.45) is 1.03. The predicted molar refractivity (Wildman–Crippen MR) is 80.5 cm³/mol. The Balaban J connectivity index is 2.32. The first-order chi connectivity index (χ1) is 8.91. The minimum atomic E-state index is 0.197. The van der Waals surface area contributed by atoms with Gasteiger partial charge in [-0.05, 0) is 35.3 Å². The molecule has 0 spiro atoms. The fourth-order valence-electron chi connectivity index (χ4n) is 2.60. The number of nitrogens with one attached hydrogen (secondary N) is 1. The van der Waals surface area contributed by atoms with Gasteiger partial charge in [-0.1, -0.05) is 52.8 Å². The first kappa shape index (κ1) is 14.1. The molecule has 1 N–H and O–H groups in total. The van der Waals surface area contributed by atoms with E-state index in [9.17, 15) is 4.79 Å². The van der Waals surface area contributed by atoms with Crippen LogP contribution in [0.2, 0.25) is 0 Å². The second kappa shape index (κ2) is 5.36. The predicted octanol–water partition coefficient (Wildman–Crippen LogP) is 4.53. The van der Waals surface area contributed by atoms with E-state index in [-0.39, 0.29) is 11.8 Å². The summed E-state index contributed by atoms with van der Waals surface area (Å²) >= 11 is 0. The number of hydrogen-bond donors (Lipinski definition) is 1. The zero-order chi connectivity index (χ0) is 14.2. The van der Waals surface area contributed by atoms with Gasteiger partial charge in [0.25, 0.3) is 0 Å². The fourth-order valence-corrected chi connectivity index (χ4v) is 2.60. The van der Waals surface area contributed by atoms with Crippen molar-refractivity contribution in [1.82, 2.24) is 0 Å². The Morgan fingerprint density at radius 2 is 1.63 bits per heavy atom. The summed E-state index contributed by atoms with van der Waals surface area (Å²) in [6, 6.07) is 6.35. The Kier molecular flexibility index (Phi) is 3.98. The Labute approximate surface area is 116 Å². The molecule has 1 aromatic rings. The van der Waals surface area contributed by atoms with Crippen molar-refractivity contribution < 1.29 is 4.79 Å². The molecule has 0 aromatic heterocycles. The average Bonchev–Trinajstić information content (AvgIpc) is 3.06. The highest BCUT2D eigenvalue weighted by molar-refractivity contribution is 5.96. The van der Waals surface area contributed by atoms with Gasteiger partial charge in [-0.15, -0.1) is 0 Å². The standard InChI is InChI=1S/C17H25NO/c1-10(2)13-7-6-8-14(11(3)4)16(13)18-17(19)15-9-12(15)5/h6-8,10-12,15H,9H2,1-5H3,(H,18,19)/t12-,15-/m0/s1. The number of rotatable bonds is 4. The van der Waals surface area contributed by atoms with Crippen LogP contribution in [0.15, 0.2) is 18.2 Å². The molecular formula is C17H25NO. The number of carbonyl (C=O) groups excluding carboxylic acids is 1. The Hall–Kier alpha value is -1.31. The lowest BCUT2D eigenvalue weighted by atomic mass is 9.92. The second-order valence-electron chi connectivity index (χ2n) is 6.43. The van der Waals surface area contributed by atoms with E-state index < -0.39 is 0 Å². The van der Waals surface area contributed by atoms with Gasteiger partial charge >= 0.3 is 0 Å². The van der Waals surface area contributed by atoms with Crippen LogP contribution in [-0.2, 0) is 4.79 Å². The van der Waals surface area contributed by atoms with E-state index in [4.69, 9.17) is 0 Å². The molecule has 0 unspecified atom stereocenters. The molecule has 2 nitrogen and oxygen atoms in total. The van der Waals surface area contributed by atoms with Gasteiger partial charge < -0.3 is 5.32 Å². The third-order valence-electron chi connectivity index (χ3n) is 4.07. The SMILES string of the molecule is CC(C)c1cccc(C(C)C)c1NC(=O)[C@H]1C[C@@H]1C. The highest BCUT2D eigenvalue weighted by Crippen LogP contribution is 2.40. The molecule has 1 aromatic carbocycles. The van der Waals surface area contributed by atoms with E-state index in [2.05, 4.69) is 58.1 Å². The zero-order valence-corrected chi connectivity index (χ0v) is 12.7. The van der Waals surface area contributed by atoms with E-state index in [0.717, 1.165) is 12.1 Å². The van der Waals surface area contributed by atoms with Crippen molar-refractivity contribution in [2.75, 3.05) is 5.32 Å². The molecule has 2 heteroatoms. The summed E-state index contributed by atoms with van der Waals surface area (Å²) in [4.78, 5) is 12.2. The van der Waals surface area contributed by atoms with Crippen LogP contribution in [0, 0.1) is 11.8 Å². The second-order valence-corrected chi connectivity index (χ2v) is 6.43. The smallest absolute Gasteiger partial charge is 0.227 e. The Morgan fingerprint density at radius 1 is 1.16 bits per heavy atom. The first-order valence-electron chi connectivity index (χ1n) is 7.35. The van der Waals surface area contributed by atoms with Crippen LogP contribution in [0.3, 0.4) is 0 Å². The van der Waals surface area contributed by atoms with Gasteiger partial charge in [0.1, 0.15) is 0 Å². The molecule has 0 saturated heterocycles. The van der Waals surface area contributed by atoms with Gasteiger partial charge in [0.2, 0.25) is 5.91 Å². The molecule has 0 aliphatic heterocycles. The van der Waals surface area contributed by atoms with Crippen LogP contribution in [0.4, 0.5) is 5.69 Å². The lowest BCUT2D eigenvalue weighted by Gasteiger charge is -2.20. The summed E-state index contributed by atoms with van der Waals surface area (Å²) < 4.78 is 0. The van der Waals surface area contributed by atoms with Gasteiger partial charge in [0.15, 0.2) is 0 Å². The lowest BCUT2D eigenvalue weighted by Crippen LogP contribution is -2.18. The van der Waals surface area contributed by atoms with Crippen molar-refractivity contribution >= 4 is 11.6 Å². The van der Waals surface area contributed by atoms with Crippen LogP contribution in [0.5, 0.6) is 0 Å². The van der Waals surface area contributed by atoms with E-state index in [0.29, 0.717) is 17.8 Å². The number of benzene rings is 1. The van der Waals surface area contributed by atoms with Gasteiger partial charge in [-0.2, -0.15) is 0 Å². The maximum atomic E-state index is 12.2. The molecule has 1 amide bonds. The largest absolute Gasteiger partial charge is 0.325 e. The average molecular weight is 259 g/mol. The fraction of sp³-hybridized carbons (Fsp3) is 0.588. The van der Waals surface area contributed by atoms with E-state index in [1.54, 1.807) is 0 Å². The van der Waals surface area contributed by atoms with Crippen molar-refractivity contribution in [2.45, 2.75) is 52.9 Å². The van der Waals surface area contributed by atoms with E-state index in [1.807, 2.05) is 0 Å². The molecule has 0 bridgehead atoms. The van der Waals surface area contributed by atoms with Crippen LogP contribution in [0.25, 0.3) is 0 Å². The zero-order valence-electron chi connectivity index (χ0n) is 12.7. The van der Waals surface area contributed by atoms with Gasteiger partial charge in [-0.3, -0.25) is 4.79 Å². The number of para-hydroxylation sites is 1. The van der Waals surface area contributed by atoms with Gasteiger partial charge in [0.05, 0.1) is 0 Å². The molecular weight excluding hydrogens is 234 g/mol. The lowest BCUT2D eigenvalue weighted by molar-refractivity contribution is -0.117. The number of anilines is 1. The van der Waals surface area contributed by atoms with Crippen LogP contribution < -0.4 is 5.32 Å². The Bertz CT molecular complexity index is 450. The molecule has 104 valence electrons. The van der Waals surface area contributed by atoms with Crippen LogP contribution in [-0.4, -0.2) is 5.91 Å². The minimum absolute atomic E-state index is 0.197. The molecule has 2 rings (SSSR count). The normalized spacial score (nSPS) is 21.8. The third-order valence-corrected chi connectivity index (χ3v) is 4.07. The summed E-state index contributed by atoms with van der Waals surface area (Å²) in [5.74, 6) is 1.81. The minimum Gasteiger partial charge on any atom is -0.325 e. The molecule has 1 aliphatic rings. The molecule has 1 fully saturated rings. The summed E-state index contributed by atoms with van der Waals surface area (Å²) in [5.41, 5.74) is 3.54. The highest BCUT2D eigenvalue weighted by atomic mass is 16.2. The quantitative estimate of drug-likeness (QED) is 0.845. The number of hydrogen-bond acceptors (Lipinski definition) is 1. The molecule has 19 heavy (non-hydrogen) atoms. The molecule has 2 atom stereocenters. The van der Waals surface area contributed by atoms with E-state index in [1.165, 1.54) is 11.1 Å². The monoisotopic (exact) mass is 259 g/mol. The topological polar surface area (TPSA) is 29.1 Å². The molecule has 0 heterocycles. The van der Waals surface area contributed by atoms with Crippen molar-refractivity contribution in [3.63, 3.8) is 0 Å². The maximum Gasteiger partial charge on any atom is 0.227 e. The van der Waals surface area contributed by atoms with Crippen LogP contribution >= 0.6 is 0 Å². The molecule has 1 saturated carbocycles. The van der Waals surface area contributed by atoms with Crippen molar-refractivity contribution in [2.24, 2.45) is 11.8 Å². The van der Waals surface area contributed by atoms with E-state index >= 15 is 0 Å². The summed E-state index contributed by atoms with van der Waals surface area (Å²) in [7, 11) is 0. The first-order valence-corrected chi connectivity index (χ1v) is 7.35. The molecule has 0 radical (unpaired) electrons. The van der Waals surface area contributed by atoms with Gasteiger partial charge in [-0.25, -0.2) is 0 Å². The Morgan fingerprint density at radius 3 is 2.00 bits per heavy atom. The van der Waals surface area contributed by atoms with Crippen molar-refractivity contribution in [3.05, 3.63) is 29.3 Å². The van der Waals surface area contributed by atoms with Crippen molar-refractivity contribution in [1.29, 1.82) is 0 Å². The highest BCUT2D eigenvalue weighted by Gasteiger charge is 2.39. The maximum absolute atomic E-state index is 12.2. The number of amides is 1. The number of carbonyl (C=O) groups is 1. The molecule has 1 aliphatic carbocycles. The summed E-state index contributed by atoms with van der Waals surface area (Å²) in [6.45, 7) is 10.8. The third kappa shape index (κ3) is 2.99. The van der Waals surface area contributed by atoms with Gasteiger partial charge in [0, 0.05) is 11.6 Å².